The zero-order chi connectivity index (χ0) is 18.0. The Balaban J connectivity index is 2.02. The summed E-state index contributed by atoms with van der Waals surface area (Å²) in [5.41, 5.74) is 2.36. The fourth-order valence-corrected chi connectivity index (χ4v) is 3.12. The number of fused-ring (bicyclic) bond motifs is 1. The van der Waals surface area contributed by atoms with Crippen molar-refractivity contribution in [2.24, 2.45) is 0 Å². The van der Waals surface area contributed by atoms with Gasteiger partial charge in [-0.25, -0.2) is 4.98 Å². The van der Waals surface area contributed by atoms with Gasteiger partial charge in [-0.05, 0) is 53.9 Å². The third kappa shape index (κ3) is 3.72. The average Bonchev–Trinajstić information content (AvgIpc) is 2.56. The molecule has 6 heteroatoms. The van der Waals surface area contributed by atoms with Crippen LogP contribution in [0.25, 0.3) is 5.70 Å². The number of rotatable bonds is 2. The predicted octanol–water partition coefficient (Wildman–Crippen LogP) is 3.64. The first-order chi connectivity index (χ1) is 11.9. The second-order valence-electron chi connectivity index (χ2n) is 6.52. The van der Waals surface area contributed by atoms with Crippen molar-refractivity contribution < 1.29 is 4.79 Å². The second-order valence-corrected chi connectivity index (χ2v) is 7.44. The van der Waals surface area contributed by atoms with E-state index in [9.17, 15) is 10.1 Å². The van der Waals surface area contributed by atoms with Crippen LogP contribution < -0.4 is 10.6 Å². The summed E-state index contributed by atoms with van der Waals surface area (Å²) in [6.07, 6.45) is 2.41. The number of benzene rings is 1. The highest BCUT2D eigenvalue weighted by Crippen LogP contribution is 2.31. The third-order valence-corrected chi connectivity index (χ3v) is 4.41. The predicted molar refractivity (Wildman–Crippen MR) is 100 cm³/mol. The van der Waals surface area contributed by atoms with Crippen molar-refractivity contribution in [1.82, 2.24) is 10.3 Å². The molecule has 1 aliphatic rings. The number of hydrogen-bond acceptors (Lipinski definition) is 4. The van der Waals surface area contributed by atoms with E-state index >= 15 is 0 Å². The second kappa shape index (κ2) is 6.69. The molecular weight excluding hydrogens is 380 g/mol. The molecule has 1 amide bonds. The van der Waals surface area contributed by atoms with Crippen LogP contribution in [0.5, 0.6) is 0 Å². The number of carbonyl (C=O) groups excluding carboxylic acids is 1. The van der Waals surface area contributed by atoms with Gasteiger partial charge in [-0.15, -0.1) is 0 Å². The number of pyridine rings is 1. The maximum absolute atomic E-state index is 12.7. The zero-order valence-corrected chi connectivity index (χ0v) is 15.5. The molecule has 0 aliphatic carbocycles. The van der Waals surface area contributed by atoms with Gasteiger partial charge in [0.05, 0.1) is 5.70 Å². The minimum Gasteiger partial charge on any atom is -0.378 e. The largest absolute Gasteiger partial charge is 0.378 e. The van der Waals surface area contributed by atoms with E-state index in [4.69, 9.17) is 0 Å². The number of nitrogens with one attached hydrogen (secondary N) is 2. The average molecular weight is 397 g/mol. The lowest BCUT2D eigenvalue weighted by Crippen LogP contribution is -2.44. The van der Waals surface area contributed by atoms with Crippen LogP contribution >= 0.6 is 15.9 Å². The minimum absolute atomic E-state index is 0.0462. The number of hydrogen-bond donors (Lipinski definition) is 2. The van der Waals surface area contributed by atoms with Gasteiger partial charge >= 0.3 is 0 Å². The van der Waals surface area contributed by atoms with Crippen LogP contribution in [-0.2, 0) is 11.2 Å². The number of aromatic nitrogens is 1. The van der Waals surface area contributed by atoms with Crippen molar-refractivity contribution in [3.8, 4) is 6.07 Å². The molecule has 25 heavy (non-hydrogen) atoms. The topological polar surface area (TPSA) is 77.8 Å². The van der Waals surface area contributed by atoms with Gasteiger partial charge in [-0.1, -0.05) is 24.3 Å². The lowest BCUT2D eigenvalue weighted by molar-refractivity contribution is -0.112. The molecule has 0 spiro atoms. The standard InChI is InChI=1S/C19H17BrN4O/c1-19(2)9-12-5-3-4-6-14(12)17(24-19)15(10-21)18(25)23-16-8-7-13(20)11-22-16/h3-8,11,24H,9H2,1-2H3,(H,22,23,25)/b17-15+. The van der Waals surface area contributed by atoms with E-state index < -0.39 is 5.91 Å². The summed E-state index contributed by atoms with van der Waals surface area (Å²) in [4.78, 5) is 16.8. The lowest BCUT2D eigenvalue weighted by Gasteiger charge is -2.36. The zero-order valence-electron chi connectivity index (χ0n) is 13.9. The molecule has 126 valence electrons. The molecule has 0 atom stereocenters. The maximum Gasteiger partial charge on any atom is 0.269 e. The van der Waals surface area contributed by atoms with E-state index in [0.29, 0.717) is 11.5 Å². The van der Waals surface area contributed by atoms with Crippen LogP contribution in [0.3, 0.4) is 0 Å². The number of nitrogens with zero attached hydrogens (tertiary/aromatic N) is 2. The Labute approximate surface area is 154 Å². The molecule has 2 N–H and O–H groups in total. The van der Waals surface area contributed by atoms with Crippen LogP contribution in [-0.4, -0.2) is 16.4 Å². The van der Waals surface area contributed by atoms with Crippen molar-refractivity contribution in [2.75, 3.05) is 5.32 Å². The maximum atomic E-state index is 12.7. The molecule has 0 saturated carbocycles. The number of anilines is 1. The van der Waals surface area contributed by atoms with Crippen molar-refractivity contribution in [3.05, 3.63) is 63.8 Å². The Morgan fingerprint density at radius 1 is 1.32 bits per heavy atom. The van der Waals surface area contributed by atoms with Crippen LogP contribution in [0, 0.1) is 11.3 Å². The minimum atomic E-state index is -0.479. The van der Waals surface area contributed by atoms with Gasteiger partial charge in [0.1, 0.15) is 17.5 Å². The SMILES string of the molecule is CC1(C)Cc2ccccc2/C(=C(/C#N)C(=O)Nc2ccc(Br)cn2)N1. The van der Waals surface area contributed by atoms with Crippen molar-refractivity contribution >= 4 is 33.4 Å². The van der Waals surface area contributed by atoms with Crippen LogP contribution in [0.15, 0.2) is 52.6 Å². The number of halogens is 1. The van der Waals surface area contributed by atoms with E-state index in [2.05, 4.69) is 31.5 Å². The first-order valence-corrected chi connectivity index (χ1v) is 8.63. The van der Waals surface area contributed by atoms with Crippen molar-refractivity contribution in [1.29, 1.82) is 5.26 Å². The van der Waals surface area contributed by atoms with Crippen LogP contribution in [0.4, 0.5) is 5.82 Å². The molecule has 1 aromatic heterocycles. The Morgan fingerprint density at radius 3 is 2.76 bits per heavy atom. The number of carbonyl (C=O) groups is 1. The molecule has 1 aliphatic heterocycles. The molecule has 3 rings (SSSR count). The van der Waals surface area contributed by atoms with Gasteiger partial charge in [0.25, 0.3) is 5.91 Å². The highest BCUT2D eigenvalue weighted by molar-refractivity contribution is 9.10. The lowest BCUT2D eigenvalue weighted by atomic mass is 9.84. The first kappa shape index (κ1) is 17.2. The number of nitriles is 1. The van der Waals surface area contributed by atoms with Gasteiger partial charge in [0.15, 0.2) is 0 Å². The summed E-state index contributed by atoms with van der Waals surface area (Å²) >= 11 is 3.30. The fourth-order valence-electron chi connectivity index (χ4n) is 2.89. The molecule has 0 radical (unpaired) electrons. The van der Waals surface area contributed by atoms with Crippen molar-refractivity contribution in [3.63, 3.8) is 0 Å². The van der Waals surface area contributed by atoms with E-state index in [1.54, 1.807) is 18.3 Å². The molecular formula is C19H17BrN4O. The van der Waals surface area contributed by atoms with E-state index in [-0.39, 0.29) is 11.1 Å². The Morgan fingerprint density at radius 2 is 2.08 bits per heavy atom. The summed E-state index contributed by atoms with van der Waals surface area (Å²) in [5.74, 6) is -0.0859. The van der Waals surface area contributed by atoms with E-state index in [1.165, 1.54) is 0 Å². The summed E-state index contributed by atoms with van der Waals surface area (Å²) in [7, 11) is 0. The van der Waals surface area contributed by atoms with Gasteiger partial charge < -0.3 is 10.6 Å². The van der Waals surface area contributed by atoms with Crippen molar-refractivity contribution in [2.45, 2.75) is 25.8 Å². The third-order valence-electron chi connectivity index (χ3n) is 3.94. The molecule has 2 heterocycles. The molecule has 5 nitrogen and oxygen atoms in total. The molecule has 1 aromatic carbocycles. The fraction of sp³-hybridized carbons (Fsp3) is 0.211. The Hall–Kier alpha value is -2.65. The smallest absolute Gasteiger partial charge is 0.269 e. The molecule has 0 fully saturated rings. The molecule has 0 unspecified atom stereocenters. The molecule has 0 saturated heterocycles. The van der Waals surface area contributed by atoms with Gasteiger partial charge in [-0.3, -0.25) is 4.79 Å². The molecule has 0 bridgehead atoms. The summed E-state index contributed by atoms with van der Waals surface area (Å²) in [6, 6.07) is 13.3. The quantitative estimate of drug-likeness (QED) is 0.599. The summed E-state index contributed by atoms with van der Waals surface area (Å²) in [6.45, 7) is 4.10. The van der Waals surface area contributed by atoms with Crippen LogP contribution in [0.1, 0.15) is 25.0 Å². The highest BCUT2D eigenvalue weighted by Gasteiger charge is 2.31. The summed E-state index contributed by atoms with van der Waals surface area (Å²) in [5, 5.41) is 15.7. The summed E-state index contributed by atoms with van der Waals surface area (Å²) < 4.78 is 0.814. The molecule has 2 aromatic rings. The van der Waals surface area contributed by atoms with Gasteiger partial charge in [0.2, 0.25) is 0 Å². The van der Waals surface area contributed by atoms with Crippen LogP contribution in [0.2, 0.25) is 0 Å². The van der Waals surface area contributed by atoms with E-state index in [0.717, 1.165) is 22.0 Å². The Kier molecular flexibility index (Phi) is 4.60. The normalized spacial score (nSPS) is 16.9. The monoisotopic (exact) mass is 396 g/mol. The first-order valence-electron chi connectivity index (χ1n) is 7.83. The van der Waals surface area contributed by atoms with E-state index in [1.807, 2.05) is 44.2 Å². The van der Waals surface area contributed by atoms with Gasteiger partial charge in [0, 0.05) is 21.8 Å². The highest BCUT2D eigenvalue weighted by atomic mass is 79.9. The Bertz CT molecular complexity index is 894. The van der Waals surface area contributed by atoms with Gasteiger partial charge in [-0.2, -0.15) is 5.26 Å². The number of amides is 1.